The van der Waals surface area contributed by atoms with E-state index < -0.39 is 0 Å². The summed E-state index contributed by atoms with van der Waals surface area (Å²) in [6.07, 6.45) is 1.52. The third-order valence-electron chi connectivity index (χ3n) is 4.74. The average Bonchev–Trinajstić information content (AvgIpc) is 3.16. The molecule has 0 radical (unpaired) electrons. The third kappa shape index (κ3) is 3.29. The SMILES string of the molecule is CCCC(=O)N1CCN(c2ccc(-c3ccc4c(c3)OCO4)nn2)CC1. The minimum Gasteiger partial charge on any atom is -0.454 e. The van der Waals surface area contributed by atoms with Crippen LogP contribution >= 0.6 is 0 Å². The van der Waals surface area contributed by atoms with Gasteiger partial charge >= 0.3 is 0 Å². The Morgan fingerprint density at radius 2 is 1.85 bits per heavy atom. The highest BCUT2D eigenvalue weighted by atomic mass is 16.7. The molecule has 26 heavy (non-hydrogen) atoms. The van der Waals surface area contributed by atoms with E-state index in [1.165, 1.54) is 0 Å². The topological polar surface area (TPSA) is 67.8 Å². The van der Waals surface area contributed by atoms with Crippen molar-refractivity contribution in [2.75, 3.05) is 37.9 Å². The first-order valence-corrected chi connectivity index (χ1v) is 9.01. The van der Waals surface area contributed by atoms with E-state index >= 15 is 0 Å². The van der Waals surface area contributed by atoms with E-state index in [9.17, 15) is 4.79 Å². The average molecular weight is 354 g/mol. The quantitative estimate of drug-likeness (QED) is 0.839. The van der Waals surface area contributed by atoms with Gasteiger partial charge in [0.1, 0.15) is 0 Å². The standard InChI is InChI=1S/C19H22N4O3/c1-2-3-19(24)23-10-8-22(9-11-23)18-7-5-15(20-21-18)14-4-6-16-17(12-14)26-13-25-16/h4-7,12H,2-3,8-11,13H2,1H3. The Kier molecular flexibility index (Phi) is 4.60. The van der Waals surface area contributed by atoms with Gasteiger partial charge < -0.3 is 19.3 Å². The first-order chi connectivity index (χ1) is 12.7. The zero-order valence-electron chi connectivity index (χ0n) is 14.9. The number of anilines is 1. The van der Waals surface area contributed by atoms with E-state index in [1.54, 1.807) is 0 Å². The molecule has 7 heteroatoms. The lowest BCUT2D eigenvalue weighted by Gasteiger charge is -2.35. The summed E-state index contributed by atoms with van der Waals surface area (Å²) in [6.45, 7) is 5.34. The van der Waals surface area contributed by atoms with Gasteiger partial charge in [0.2, 0.25) is 12.7 Å². The fourth-order valence-corrected chi connectivity index (χ4v) is 3.26. The first kappa shape index (κ1) is 16.6. The molecule has 0 spiro atoms. The number of nitrogens with zero attached hydrogens (tertiary/aromatic N) is 4. The number of fused-ring (bicyclic) bond motifs is 1. The van der Waals surface area contributed by atoms with Crippen molar-refractivity contribution < 1.29 is 14.3 Å². The second-order valence-electron chi connectivity index (χ2n) is 6.46. The van der Waals surface area contributed by atoms with Crippen LogP contribution in [0.2, 0.25) is 0 Å². The summed E-state index contributed by atoms with van der Waals surface area (Å²) in [5.74, 6) is 2.59. The smallest absolute Gasteiger partial charge is 0.231 e. The number of aromatic nitrogens is 2. The molecule has 0 saturated carbocycles. The van der Waals surface area contributed by atoms with Gasteiger partial charge in [0, 0.05) is 38.2 Å². The predicted octanol–water partition coefficient (Wildman–Crippen LogP) is 2.32. The molecule has 2 aromatic rings. The van der Waals surface area contributed by atoms with Crippen LogP contribution < -0.4 is 14.4 Å². The van der Waals surface area contributed by atoms with Crippen LogP contribution in [0.4, 0.5) is 5.82 Å². The molecule has 0 N–H and O–H groups in total. The molecule has 2 aliphatic rings. The van der Waals surface area contributed by atoms with Gasteiger partial charge in [-0.2, -0.15) is 0 Å². The molecular weight excluding hydrogens is 332 g/mol. The summed E-state index contributed by atoms with van der Waals surface area (Å²) >= 11 is 0. The summed E-state index contributed by atoms with van der Waals surface area (Å²) in [4.78, 5) is 16.1. The van der Waals surface area contributed by atoms with Crippen LogP contribution in [0.1, 0.15) is 19.8 Å². The van der Waals surface area contributed by atoms with Crippen LogP contribution in [0.25, 0.3) is 11.3 Å². The number of carbonyl (C=O) groups is 1. The van der Waals surface area contributed by atoms with Crippen LogP contribution in [0, 0.1) is 0 Å². The van der Waals surface area contributed by atoms with E-state index in [1.807, 2.05) is 42.2 Å². The lowest BCUT2D eigenvalue weighted by molar-refractivity contribution is -0.131. The maximum absolute atomic E-state index is 12.0. The van der Waals surface area contributed by atoms with E-state index in [0.717, 1.165) is 61.2 Å². The number of rotatable bonds is 4. The highest BCUT2D eigenvalue weighted by Crippen LogP contribution is 2.35. The molecule has 0 bridgehead atoms. The lowest BCUT2D eigenvalue weighted by Crippen LogP contribution is -2.49. The molecular formula is C19H22N4O3. The van der Waals surface area contributed by atoms with Gasteiger partial charge in [0.05, 0.1) is 5.69 Å². The molecule has 2 aliphatic heterocycles. The maximum Gasteiger partial charge on any atom is 0.231 e. The Balaban J connectivity index is 1.41. The van der Waals surface area contributed by atoms with Gasteiger partial charge in [-0.25, -0.2) is 0 Å². The second-order valence-corrected chi connectivity index (χ2v) is 6.46. The minimum absolute atomic E-state index is 0.247. The van der Waals surface area contributed by atoms with Crippen LogP contribution in [-0.4, -0.2) is 54.0 Å². The molecule has 0 atom stereocenters. The van der Waals surface area contributed by atoms with Crippen molar-refractivity contribution in [3.63, 3.8) is 0 Å². The summed E-state index contributed by atoms with van der Waals surface area (Å²) in [6, 6.07) is 9.71. The van der Waals surface area contributed by atoms with Crippen molar-refractivity contribution in [3.05, 3.63) is 30.3 Å². The Bertz CT molecular complexity index is 786. The lowest BCUT2D eigenvalue weighted by atomic mass is 10.1. The van der Waals surface area contributed by atoms with Crippen LogP contribution in [0.15, 0.2) is 30.3 Å². The largest absolute Gasteiger partial charge is 0.454 e. The number of benzene rings is 1. The molecule has 1 saturated heterocycles. The zero-order chi connectivity index (χ0) is 17.9. The number of piperazine rings is 1. The number of carbonyl (C=O) groups excluding carboxylic acids is 1. The molecule has 1 aromatic heterocycles. The zero-order valence-corrected chi connectivity index (χ0v) is 14.9. The van der Waals surface area contributed by atoms with E-state index in [-0.39, 0.29) is 12.7 Å². The predicted molar refractivity (Wildman–Crippen MR) is 97.3 cm³/mol. The second kappa shape index (κ2) is 7.19. The fraction of sp³-hybridized carbons (Fsp3) is 0.421. The van der Waals surface area contributed by atoms with Crippen molar-refractivity contribution in [3.8, 4) is 22.8 Å². The maximum atomic E-state index is 12.0. The van der Waals surface area contributed by atoms with Crippen molar-refractivity contribution in [2.45, 2.75) is 19.8 Å². The molecule has 136 valence electrons. The third-order valence-corrected chi connectivity index (χ3v) is 4.74. The van der Waals surface area contributed by atoms with E-state index in [0.29, 0.717) is 6.42 Å². The normalized spacial score (nSPS) is 16.0. The summed E-state index contributed by atoms with van der Waals surface area (Å²) < 4.78 is 10.8. The highest BCUT2D eigenvalue weighted by Gasteiger charge is 2.21. The molecule has 7 nitrogen and oxygen atoms in total. The highest BCUT2D eigenvalue weighted by molar-refractivity contribution is 5.76. The first-order valence-electron chi connectivity index (χ1n) is 9.01. The molecule has 0 unspecified atom stereocenters. The molecule has 3 heterocycles. The number of ether oxygens (including phenoxy) is 2. The Morgan fingerprint density at radius 3 is 2.58 bits per heavy atom. The Hall–Kier alpha value is -2.83. The number of hydrogen-bond acceptors (Lipinski definition) is 6. The molecule has 4 rings (SSSR count). The van der Waals surface area contributed by atoms with Crippen molar-refractivity contribution in [1.29, 1.82) is 0 Å². The summed E-state index contributed by atoms with van der Waals surface area (Å²) in [5, 5.41) is 8.74. The Labute approximate surface area is 152 Å². The minimum atomic E-state index is 0.247. The molecule has 0 aliphatic carbocycles. The Morgan fingerprint density at radius 1 is 1.04 bits per heavy atom. The fourth-order valence-electron chi connectivity index (χ4n) is 3.26. The van der Waals surface area contributed by atoms with E-state index in [4.69, 9.17) is 9.47 Å². The molecule has 1 fully saturated rings. The van der Waals surface area contributed by atoms with Gasteiger partial charge in [-0.05, 0) is 36.8 Å². The van der Waals surface area contributed by atoms with Gasteiger partial charge in [0.15, 0.2) is 17.3 Å². The van der Waals surface area contributed by atoms with Gasteiger partial charge in [0.25, 0.3) is 0 Å². The van der Waals surface area contributed by atoms with Crippen molar-refractivity contribution in [1.82, 2.24) is 15.1 Å². The van der Waals surface area contributed by atoms with Crippen LogP contribution in [-0.2, 0) is 4.79 Å². The number of amides is 1. The van der Waals surface area contributed by atoms with E-state index in [2.05, 4.69) is 15.1 Å². The van der Waals surface area contributed by atoms with Crippen LogP contribution in [0.5, 0.6) is 11.5 Å². The van der Waals surface area contributed by atoms with Gasteiger partial charge in [-0.3, -0.25) is 4.79 Å². The molecule has 1 amide bonds. The van der Waals surface area contributed by atoms with Crippen LogP contribution in [0.3, 0.4) is 0 Å². The number of hydrogen-bond donors (Lipinski definition) is 0. The summed E-state index contributed by atoms with van der Waals surface area (Å²) in [7, 11) is 0. The van der Waals surface area contributed by atoms with Gasteiger partial charge in [-0.15, -0.1) is 10.2 Å². The van der Waals surface area contributed by atoms with Gasteiger partial charge in [-0.1, -0.05) is 6.92 Å². The monoisotopic (exact) mass is 354 g/mol. The van der Waals surface area contributed by atoms with Crippen molar-refractivity contribution >= 4 is 11.7 Å². The summed E-state index contributed by atoms with van der Waals surface area (Å²) in [5.41, 5.74) is 1.74. The molecule has 1 aromatic carbocycles. The van der Waals surface area contributed by atoms with Crippen molar-refractivity contribution in [2.24, 2.45) is 0 Å².